The van der Waals surface area contributed by atoms with Gasteiger partial charge in [0.2, 0.25) is 0 Å². The van der Waals surface area contributed by atoms with Gasteiger partial charge in [-0.15, -0.1) is 24.0 Å². The molecule has 0 fully saturated rings. The summed E-state index contributed by atoms with van der Waals surface area (Å²) >= 11 is 0. The predicted octanol–water partition coefficient (Wildman–Crippen LogP) is 4.26. The Morgan fingerprint density at radius 3 is 2.44 bits per heavy atom. The molecule has 10 heteroatoms. The fourth-order valence-corrected chi connectivity index (χ4v) is 3.03. The molecule has 0 bridgehead atoms. The second kappa shape index (κ2) is 12.4. The summed E-state index contributed by atoms with van der Waals surface area (Å²) in [6, 6.07) is 13.4. The highest BCUT2D eigenvalue weighted by Crippen LogP contribution is 2.29. The van der Waals surface area contributed by atoms with Gasteiger partial charge in [-0.3, -0.25) is 0 Å². The van der Waals surface area contributed by atoms with Crippen LogP contribution in [0.3, 0.4) is 0 Å². The van der Waals surface area contributed by atoms with Gasteiger partial charge in [0.25, 0.3) is 0 Å². The summed E-state index contributed by atoms with van der Waals surface area (Å²) in [6.07, 6.45) is -0.536. The number of nitrogens with one attached hydrogen (secondary N) is 2. The summed E-state index contributed by atoms with van der Waals surface area (Å²) in [5.41, 5.74) is 2.37. The first-order valence-corrected chi connectivity index (χ1v) is 10.0. The summed E-state index contributed by atoms with van der Waals surface area (Å²) < 4.78 is 39.7. The van der Waals surface area contributed by atoms with Crippen molar-refractivity contribution in [2.24, 2.45) is 4.99 Å². The smallest absolute Gasteiger partial charge is 0.357 e. The maximum absolute atomic E-state index is 12.7. The number of guanidine groups is 1. The lowest BCUT2D eigenvalue weighted by molar-refractivity contribution is -0.137. The van der Waals surface area contributed by atoms with Crippen LogP contribution < -0.4 is 10.6 Å². The number of rotatable bonds is 8. The van der Waals surface area contributed by atoms with Crippen molar-refractivity contribution in [2.75, 3.05) is 13.1 Å². The van der Waals surface area contributed by atoms with Gasteiger partial charge in [0.05, 0.1) is 18.7 Å². The summed E-state index contributed by atoms with van der Waals surface area (Å²) in [5, 5.41) is 10.5. The van der Waals surface area contributed by atoms with Crippen molar-refractivity contribution in [1.29, 1.82) is 0 Å². The highest BCUT2D eigenvalue weighted by atomic mass is 127. The van der Waals surface area contributed by atoms with Crippen molar-refractivity contribution >= 4 is 29.9 Å². The Hall–Kier alpha value is -2.63. The van der Waals surface area contributed by atoms with Crippen molar-refractivity contribution in [2.45, 2.75) is 32.6 Å². The minimum Gasteiger partial charge on any atom is -0.357 e. The number of hydrogen-bond donors (Lipinski definition) is 2. The first-order chi connectivity index (χ1) is 14.9. The molecule has 0 unspecified atom stereocenters. The Kier molecular flexibility index (Phi) is 9.95. The highest BCUT2D eigenvalue weighted by Gasteiger charge is 2.29. The molecule has 1 aromatic heterocycles. The Balaban J connectivity index is 0.00000363. The van der Waals surface area contributed by atoms with Crippen LogP contribution >= 0.6 is 24.0 Å². The number of halogens is 4. The van der Waals surface area contributed by atoms with Gasteiger partial charge in [-0.25, -0.2) is 14.7 Å². The third kappa shape index (κ3) is 8.13. The molecular formula is C22H26F3IN6. The number of aromatic nitrogens is 3. The quantitative estimate of drug-likeness (QED) is 0.247. The second-order valence-electron chi connectivity index (χ2n) is 6.98. The number of benzene rings is 2. The molecular weight excluding hydrogens is 532 g/mol. The van der Waals surface area contributed by atoms with Crippen molar-refractivity contribution in [3.8, 4) is 0 Å². The van der Waals surface area contributed by atoms with Crippen molar-refractivity contribution in [1.82, 2.24) is 25.4 Å². The van der Waals surface area contributed by atoms with Gasteiger partial charge in [0, 0.05) is 13.1 Å². The van der Waals surface area contributed by atoms with E-state index >= 15 is 0 Å². The predicted molar refractivity (Wildman–Crippen MR) is 129 cm³/mol. The number of alkyl halides is 3. The van der Waals surface area contributed by atoms with Gasteiger partial charge >= 0.3 is 6.18 Å². The van der Waals surface area contributed by atoms with E-state index in [9.17, 15) is 13.2 Å². The van der Waals surface area contributed by atoms with E-state index < -0.39 is 11.7 Å². The molecule has 3 rings (SSSR count). The van der Waals surface area contributed by atoms with E-state index in [0.29, 0.717) is 38.6 Å². The molecule has 0 radical (unpaired) electrons. The normalized spacial score (nSPS) is 11.7. The molecule has 1 heterocycles. The molecule has 0 spiro atoms. The lowest BCUT2D eigenvalue weighted by Gasteiger charge is -2.12. The molecule has 0 atom stereocenters. The zero-order chi connectivity index (χ0) is 22.1. The highest BCUT2D eigenvalue weighted by molar-refractivity contribution is 14.0. The van der Waals surface area contributed by atoms with Gasteiger partial charge in [-0.2, -0.15) is 18.3 Å². The maximum Gasteiger partial charge on any atom is 0.416 e. The largest absolute Gasteiger partial charge is 0.416 e. The topological polar surface area (TPSA) is 67.1 Å². The molecule has 0 aliphatic heterocycles. The SMILES string of the molecule is CCNC(=NCc1cccc(Cn2cncn2)c1)NCCc1ccc(C(F)(F)F)cc1.I. The van der Waals surface area contributed by atoms with E-state index in [4.69, 9.17) is 0 Å². The fraction of sp³-hybridized carbons (Fsp3) is 0.318. The van der Waals surface area contributed by atoms with Crippen LogP contribution in [0.1, 0.15) is 29.2 Å². The fourth-order valence-electron chi connectivity index (χ4n) is 3.03. The minimum atomic E-state index is -4.31. The van der Waals surface area contributed by atoms with Crippen LogP contribution in [0.15, 0.2) is 66.2 Å². The maximum atomic E-state index is 12.7. The van der Waals surface area contributed by atoms with Gasteiger partial charge in [0.1, 0.15) is 12.7 Å². The van der Waals surface area contributed by atoms with E-state index in [1.54, 1.807) is 11.0 Å². The lowest BCUT2D eigenvalue weighted by atomic mass is 10.1. The molecule has 0 aliphatic carbocycles. The molecule has 2 aromatic carbocycles. The molecule has 172 valence electrons. The second-order valence-corrected chi connectivity index (χ2v) is 6.98. The molecule has 0 saturated heterocycles. The molecule has 32 heavy (non-hydrogen) atoms. The van der Waals surface area contributed by atoms with Crippen LogP contribution in [0, 0.1) is 0 Å². The lowest BCUT2D eigenvalue weighted by Crippen LogP contribution is -2.38. The van der Waals surface area contributed by atoms with Crippen LogP contribution in [0.2, 0.25) is 0 Å². The molecule has 2 N–H and O–H groups in total. The first kappa shape index (κ1) is 25.6. The standard InChI is InChI=1S/C22H25F3N6.HI/c1-2-27-21(28-11-10-17-6-8-20(9-7-17)22(23,24)25)29-13-18-4-3-5-19(12-18)14-31-16-26-15-30-31;/h3-9,12,15-16H,2,10-11,13-14H2,1H3,(H2,27,28,29);1H. The molecule has 0 amide bonds. The van der Waals surface area contributed by atoms with Crippen LogP contribution in [0.25, 0.3) is 0 Å². The van der Waals surface area contributed by atoms with E-state index in [1.165, 1.54) is 18.5 Å². The number of aliphatic imine (C=N–C) groups is 1. The van der Waals surface area contributed by atoms with Gasteiger partial charge < -0.3 is 10.6 Å². The van der Waals surface area contributed by atoms with Crippen molar-refractivity contribution in [3.05, 3.63) is 83.4 Å². The number of nitrogens with zero attached hydrogens (tertiary/aromatic N) is 4. The minimum absolute atomic E-state index is 0. The van der Waals surface area contributed by atoms with Crippen molar-refractivity contribution in [3.63, 3.8) is 0 Å². The monoisotopic (exact) mass is 558 g/mol. The van der Waals surface area contributed by atoms with Gasteiger partial charge in [-0.1, -0.05) is 36.4 Å². The molecule has 0 saturated carbocycles. The molecule has 0 aliphatic rings. The Morgan fingerprint density at radius 2 is 1.78 bits per heavy atom. The van der Waals surface area contributed by atoms with E-state index in [-0.39, 0.29) is 24.0 Å². The van der Waals surface area contributed by atoms with E-state index in [2.05, 4.69) is 31.8 Å². The Bertz CT molecular complexity index is 972. The Morgan fingerprint density at radius 1 is 1.03 bits per heavy atom. The van der Waals surface area contributed by atoms with Gasteiger partial charge in [-0.05, 0) is 42.2 Å². The third-order valence-electron chi connectivity index (χ3n) is 4.55. The summed E-state index contributed by atoms with van der Waals surface area (Å²) in [6.45, 7) is 4.39. The average Bonchev–Trinajstić information content (AvgIpc) is 3.25. The van der Waals surface area contributed by atoms with Crippen LogP contribution in [0.5, 0.6) is 0 Å². The van der Waals surface area contributed by atoms with E-state index in [0.717, 1.165) is 28.8 Å². The average molecular weight is 558 g/mol. The van der Waals surface area contributed by atoms with Gasteiger partial charge in [0.15, 0.2) is 5.96 Å². The van der Waals surface area contributed by atoms with Crippen molar-refractivity contribution < 1.29 is 13.2 Å². The molecule has 6 nitrogen and oxygen atoms in total. The summed E-state index contributed by atoms with van der Waals surface area (Å²) in [7, 11) is 0. The zero-order valence-electron chi connectivity index (χ0n) is 17.6. The van der Waals surface area contributed by atoms with E-state index in [1.807, 2.05) is 25.1 Å². The third-order valence-corrected chi connectivity index (χ3v) is 4.55. The summed E-state index contributed by atoms with van der Waals surface area (Å²) in [4.78, 5) is 8.56. The first-order valence-electron chi connectivity index (χ1n) is 10.0. The van der Waals surface area contributed by atoms with Crippen LogP contribution in [-0.4, -0.2) is 33.8 Å². The van der Waals surface area contributed by atoms with Crippen LogP contribution in [-0.2, 0) is 25.7 Å². The Labute approximate surface area is 202 Å². The zero-order valence-corrected chi connectivity index (χ0v) is 20.0. The summed E-state index contributed by atoms with van der Waals surface area (Å²) in [5.74, 6) is 0.663. The van der Waals surface area contributed by atoms with Crippen LogP contribution in [0.4, 0.5) is 13.2 Å². The number of hydrogen-bond acceptors (Lipinski definition) is 3. The molecule has 3 aromatic rings.